The summed E-state index contributed by atoms with van der Waals surface area (Å²) in [5.74, 6) is 0.815. The smallest absolute Gasteiger partial charge is 0.248 e. The zero-order valence-electron chi connectivity index (χ0n) is 9.59. The molecule has 0 spiro atoms. The number of furan rings is 1. The van der Waals surface area contributed by atoms with Crippen LogP contribution in [0.15, 0.2) is 70.1 Å². The van der Waals surface area contributed by atoms with Crippen LogP contribution in [-0.2, 0) is 0 Å². The highest BCUT2D eigenvalue weighted by atomic mass is 16.3. The maximum Gasteiger partial charge on any atom is 0.248 e. The van der Waals surface area contributed by atoms with Gasteiger partial charge in [0.25, 0.3) is 0 Å². The van der Waals surface area contributed by atoms with Gasteiger partial charge in [-0.25, -0.2) is 0 Å². The van der Waals surface area contributed by atoms with E-state index >= 15 is 0 Å². The third kappa shape index (κ3) is 1.98. The van der Waals surface area contributed by atoms with Gasteiger partial charge in [0.15, 0.2) is 0 Å². The molecule has 0 aliphatic carbocycles. The fraction of sp³-hybridized carbons (Fsp3) is 0. The number of rotatable bonds is 2. The number of aromatic nitrogens is 1. The highest BCUT2D eigenvalue weighted by Gasteiger charge is 2.03. The van der Waals surface area contributed by atoms with Crippen LogP contribution in [0.4, 0.5) is 0 Å². The Morgan fingerprint density at radius 1 is 0.889 bits per heavy atom. The van der Waals surface area contributed by atoms with Crippen molar-refractivity contribution in [2.45, 2.75) is 0 Å². The minimum atomic E-state index is -0.101. The maximum absolute atomic E-state index is 11.3. The Morgan fingerprint density at radius 3 is 2.50 bits per heavy atom. The van der Waals surface area contributed by atoms with Crippen molar-refractivity contribution in [1.82, 2.24) is 4.98 Å². The number of hydrogen-bond acceptors (Lipinski definition) is 2. The van der Waals surface area contributed by atoms with E-state index < -0.39 is 0 Å². The van der Waals surface area contributed by atoms with Crippen molar-refractivity contribution in [3.63, 3.8) is 0 Å². The standard InChI is InChI=1S/C15H11NO2/c17-15-8-2-6-13(16-15)11-4-1-5-12(10-11)14-7-3-9-18-14/h1-10H,(H,16,17). The Balaban J connectivity index is 2.09. The van der Waals surface area contributed by atoms with Crippen LogP contribution >= 0.6 is 0 Å². The van der Waals surface area contributed by atoms with Crippen molar-refractivity contribution < 1.29 is 4.42 Å². The normalized spacial score (nSPS) is 10.4. The second kappa shape index (κ2) is 4.37. The Bertz CT molecular complexity index is 711. The highest BCUT2D eigenvalue weighted by molar-refractivity contribution is 5.68. The Hall–Kier alpha value is -2.55. The minimum Gasteiger partial charge on any atom is -0.464 e. The number of benzene rings is 1. The molecule has 3 nitrogen and oxygen atoms in total. The van der Waals surface area contributed by atoms with Crippen LogP contribution in [0.5, 0.6) is 0 Å². The lowest BCUT2D eigenvalue weighted by Crippen LogP contribution is -2.03. The first kappa shape index (κ1) is 10.6. The van der Waals surface area contributed by atoms with Gasteiger partial charge >= 0.3 is 0 Å². The summed E-state index contributed by atoms with van der Waals surface area (Å²) < 4.78 is 5.36. The van der Waals surface area contributed by atoms with Crippen LogP contribution in [0.2, 0.25) is 0 Å². The summed E-state index contributed by atoms with van der Waals surface area (Å²) in [6.45, 7) is 0. The van der Waals surface area contributed by atoms with Gasteiger partial charge < -0.3 is 9.40 Å². The molecule has 3 rings (SSSR count). The Labute approximate surface area is 104 Å². The van der Waals surface area contributed by atoms with Crippen molar-refractivity contribution in [3.8, 4) is 22.6 Å². The van der Waals surface area contributed by atoms with Gasteiger partial charge in [-0.15, -0.1) is 0 Å². The second-order valence-electron chi connectivity index (χ2n) is 3.99. The van der Waals surface area contributed by atoms with Crippen molar-refractivity contribution >= 4 is 0 Å². The highest BCUT2D eigenvalue weighted by Crippen LogP contribution is 2.24. The van der Waals surface area contributed by atoms with Crippen molar-refractivity contribution in [2.24, 2.45) is 0 Å². The largest absolute Gasteiger partial charge is 0.464 e. The van der Waals surface area contributed by atoms with Gasteiger partial charge in [-0.1, -0.05) is 24.3 Å². The van der Waals surface area contributed by atoms with Crippen LogP contribution in [0.1, 0.15) is 0 Å². The molecule has 0 unspecified atom stereocenters. The van der Waals surface area contributed by atoms with Crippen LogP contribution in [0.3, 0.4) is 0 Å². The molecule has 1 aromatic carbocycles. The summed E-state index contributed by atoms with van der Waals surface area (Å²) in [5, 5.41) is 0. The molecule has 0 saturated heterocycles. The topological polar surface area (TPSA) is 46.0 Å². The first-order valence-electron chi connectivity index (χ1n) is 5.66. The lowest BCUT2D eigenvalue weighted by atomic mass is 10.1. The van der Waals surface area contributed by atoms with Gasteiger partial charge in [-0.2, -0.15) is 0 Å². The molecule has 2 heterocycles. The summed E-state index contributed by atoms with van der Waals surface area (Å²) in [6, 6.07) is 16.7. The summed E-state index contributed by atoms with van der Waals surface area (Å²) >= 11 is 0. The molecule has 0 fully saturated rings. The summed E-state index contributed by atoms with van der Waals surface area (Å²) in [4.78, 5) is 14.1. The van der Waals surface area contributed by atoms with Gasteiger partial charge in [0.05, 0.1) is 6.26 Å². The van der Waals surface area contributed by atoms with Crippen molar-refractivity contribution in [2.75, 3.05) is 0 Å². The summed E-state index contributed by atoms with van der Waals surface area (Å²) in [6.07, 6.45) is 1.65. The fourth-order valence-corrected chi connectivity index (χ4v) is 1.90. The molecule has 0 aliphatic rings. The van der Waals surface area contributed by atoms with Crippen LogP contribution < -0.4 is 5.56 Å². The monoisotopic (exact) mass is 237 g/mol. The zero-order chi connectivity index (χ0) is 12.4. The van der Waals surface area contributed by atoms with Crippen LogP contribution in [0, 0.1) is 0 Å². The number of H-pyrrole nitrogens is 1. The predicted octanol–water partition coefficient (Wildman–Crippen LogP) is 3.30. The lowest BCUT2D eigenvalue weighted by molar-refractivity contribution is 0.582. The number of nitrogens with one attached hydrogen (secondary N) is 1. The SMILES string of the molecule is O=c1cccc(-c2cccc(-c3ccco3)c2)[nH]1. The van der Waals surface area contributed by atoms with E-state index in [1.807, 2.05) is 42.5 Å². The van der Waals surface area contributed by atoms with Gasteiger partial charge in [0, 0.05) is 17.3 Å². The molecule has 88 valence electrons. The molecule has 3 aromatic rings. The van der Waals surface area contributed by atoms with E-state index in [0.29, 0.717) is 0 Å². The Morgan fingerprint density at radius 2 is 1.72 bits per heavy atom. The summed E-state index contributed by atoms with van der Waals surface area (Å²) in [5.41, 5.74) is 2.65. The molecule has 0 saturated carbocycles. The molecule has 18 heavy (non-hydrogen) atoms. The average Bonchev–Trinajstić information content (AvgIpc) is 2.93. The van der Waals surface area contributed by atoms with Crippen molar-refractivity contribution in [3.05, 3.63) is 71.2 Å². The van der Waals surface area contributed by atoms with E-state index in [0.717, 1.165) is 22.6 Å². The fourth-order valence-electron chi connectivity index (χ4n) is 1.90. The van der Waals surface area contributed by atoms with E-state index in [-0.39, 0.29) is 5.56 Å². The first-order chi connectivity index (χ1) is 8.83. The maximum atomic E-state index is 11.3. The molecule has 0 aliphatic heterocycles. The van der Waals surface area contributed by atoms with E-state index in [1.165, 1.54) is 6.07 Å². The van der Waals surface area contributed by atoms with Gasteiger partial charge in [0.1, 0.15) is 5.76 Å². The summed E-state index contributed by atoms with van der Waals surface area (Å²) in [7, 11) is 0. The lowest BCUT2D eigenvalue weighted by Gasteiger charge is -2.03. The quantitative estimate of drug-likeness (QED) is 0.743. The third-order valence-corrected chi connectivity index (χ3v) is 2.75. The second-order valence-corrected chi connectivity index (χ2v) is 3.99. The van der Waals surface area contributed by atoms with E-state index in [9.17, 15) is 4.79 Å². The average molecular weight is 237 g/mol. The molecule has 1 N–H and O–H groups in total. The molecule has 0 radical (unpaired) electrons. The third-order valence-electron chi connectivity index (χ3n) is 2.75. The van der Waals surface area contributed by atoms with Crippen LogP contribution in [0.25, 0.3) is 22.6 Å². The number of pyridine rings is 1. The molecule has 3 heteroatoms. The zero-order valence-corrected chi connectivity index (χ0v) is 9.59. The van der Waals surface area contributed by atoms with E-state index in [1.54, 1.807) is 12.3 Å². The first-order valence-corrected chi connectivity index (χ1v) is 5.66. The Kier molecular flexibility index (Phi) is 2.57. The van der Waals surface area contributed by atoms with Gasteiger partial charge in [-0.05, 0) is 29.8 Å². The molecule has 2 aromatic heterocycles. The van der Waals surface area contributed by atoms with E-state index in [4.69, 9.17) is 4.42 Å². The van der Waals surface area contributed by atoms with Crippen molar-refractivity contribution in [1.29, 1.82) is 0 Å². The minimum absolute atomic E-state index is 0.101. The van der Waals surface area contributed by atoms with Gasteiger partial charge in [0.2, 0.25) is 5.56 Å². The molecule has 0 amide bonds. The predicted molar refractivity (Wildman–Crippen MR) is 70.2 cm³/mol. The molecular formula is C15H11NO2. The number of hydrogen-bond donors (Lipinski definition) is 1. The molecule has 0 atom stereocenters. The number of aromatic amines is 1. The van der Waals surface area contributed by atoms with Gasteiger partial charge in [-0.3, -0.25) is 4.79 Å². The van der Waals surface area contributed by atoms with Crippen LogP contribution in [-0.4, -0.2) is 4.98 Å². The molecule has 0 bridgehead atoms. The molecular weight excluding hydrogens is 226 g/mol. The van der Waals surface area contributed by atoms with E-state index in [2.05, 4.69) is 4.98 Å².